The van der Waals surface area contributed by atoms with Crippen LogP contribution in [0.5, 0.6) is 5.75 Å². The highest BCUT2D eigenvalue weighted by molar-refractivity contribution is 5.88. The Bertz CT molecular complexity index is 1190. The van der Waals surface area contributed by atoms with Crippen LogP contribution >= 0.6 is 0 Å². The van der Waals surface area contributed by atoms with Gasteiger partial charge in [0.1, 0.15) is 5.82 Å². The number of halogens is 6. The molecule has 0 N–H and O–H groups in total. The predicted octanol–water partition coefficient (Wildman–Crippen LogP) is 10.1. The van der Waals surface area contributed by atoms with E-state index in [9.17, 15) is 22.0 Å². The minimum atomic E-state index is -5.25. The number of alkyl halides is 3. The molecule has 3 aromatic rings. The molecule has 0 unspecified atom stereocenters. The van der Waals surface area contributed by atoms with Gasteiger partial charge in [0, 0.05) is 10.9 Å². The average Bonchev–Trinajstić information content (AvgIpc) is 2.85. The van der Waals surface area contributed by atoms with E-state index in [1.807, 2.05) is 12.1 Å². The molecule has 0 heterocycles. The molecular weight excluding hydrogens is 490 g/mol. The summed E-state index contributed by atoms with van der Waals surface area (Å²) in [7, 11) is 0. The summed E-state index contributed by atoms with van der Waals surface area (Å²) >= 11 is 0. The van der Waals surface area contributed by atoms with E-state index in [1.165, 1.54) is 57.4 Å². The maximum Gasteiger partial charge on any atom is 0.573 e. The summed E-state index contributed by atoms with van der Waals surface area (Å²) in [5.74, 6) is -3.78. The Hall–Kier alpha value is -2.70. The monoisotopic (exact) mass is 522 g/mol. The number of hydrogen-bond acceptors (Lipinski definition) is 1. The molecule has 0 saturated heterocycles. The van der Waals surface area contributed by atoms with Crippen LogP contribution in [0.3, 0.4) is 0 Å². The van der Waals surface area contributed by atoms with Gasteiger partial charge in [0.25, 0.3) is 0 Å². The fourth-order valence-electron chi connectivity index (χ4n) is 5.51. The highest BCUT2D eigenvalue weighted by Gasteiger charge is 2.34. The van der Waals surface area contributed by atoms with E-state index >= 15 is 4.39 Å². The van der Waals surface area contributed by atoms with Crippen LogP contribution in [-0.4, -0.2) is 6.36 Å². The predicted molar refractivity (Wildman–Crippen MR) is 134 cm³/mol. The number of fused-ring (bicyclic) bond motifs is 1. The molecule has 0 bridgehead atoms. The van der Waals surface area contributed by atoms with Gasteiger partial charge in [-0.25, -0.2) is 13.2 Å². The molecule has 0 aliphatic heterocycles. The summed E-state index contributed by atoms with van der Waals surface area (Å²) in [4.78, 5) is 0. The summed E-state index contributed by atoms with van der Waals surface area (Å²) in [5.41, 5.74) is 0.793. The average molecular weight is 523 g/mol. The number of rotatable bonds is 9. The van der Waals surface area contributed by atoms with Crippen LogP contribution < -0.4 is 4.74 Å². The smallest absolute Gasteiger partial charge is 0.399 e. The normalized spacial score (nSPS) is 18.4. The fraction of sp³-hybridized carbons (Fsp3) is 0.467. The SMILES string of the molecule is CCCCC[C@H]1CC[C@H](CCc2ccc3c(F)c(-c4cc(F)c(OC(F)(F)F)c(F)c4)ccc3c2)CC1. The van der Waals surface area contributed by atoms with Gasteiger partial charge in [-0.1, -0.05) is 88.6 Å². The molecule has 1 fully saturated rings. The van der Waals surface area contributed by atoms with E-state index in [1.54, 1.807) is 12.1 Å². The molecule has 4 rings (SSSR count). The topological polar surface area (TPSA) is 9.23 Å². The third kappa shape index (κ3) is 6.99. The molecule has 1 nitrogen and oxygen atoms in total. The van der Waals surface area contributed by atoms with E-state index in [0.29, 0.717) is 23.4 Å². The second-order valence-electron chi connectivity index (χ2n) is 10.2. The molecule has 1 aliphatic carbocycles. The van der Waals surface area contributed by atoms with Crippen LogP contribution in [0, 0.1) is 29.3 Å². The number of unbranched alkanes of at least 4 members (excludes halogenated alkanes) is 2. The lowest BCUT2D eigenvalue weighted by atomic mass is 9.77. The molecule has 0 radical (unpaired) electrons. The minimum Gasteiger partial charge on any atom is -0.399 e. The molecular formula is C30H32F6O. The number of aryl methyl sites for hydroxylation is 1. The minimum absolute atomic E-state index is 0.104. The van der Waals surface area contributed by atoms with Crippen LogP contribution in [0.15, 0.2) is 42.5 Å². The molecule has 0 spiro atoms. The Labute approximate surface area is 213 Å². The van der Waals surface area contributed by atoms with E-state index in [4.69, 9.17) is 0 Å². The lowest BCUT2D eigenvalue weighted by Gasteiger charge is -2.28. The van der Waals surface area contributed by atoms with Gasteiger partial charge in [-0.15, -0.1) is 13.2 Å². The van der Waals surface area contributed by atoms with E-state index in [-0.39, 0.29) is 16.5 Å². The van der Waals surface area contributed by atoms with Crippen molar-refractivity contribution in [3.63, 3.8) is 0 Å². The zero-order valence-corrected chi connectivity index (χ0v) is 20.9. The van der Waals surface area contributed by atoms with Crippen molar-refractivity contribution in [2.24, 2.45) is 11.8 Å². The summed E-state index contributed by atoms with van der Waals surface area (Å²) in [6.45, 7) is 2.23. The second-order valence-corrected chi connectivity index (χ2v) is 10.2. The number of hydrogen-bond donors (Lipinski definition) is 0. The zero-order chi connectivity index (χ0) is 26.6. The molecule has 1 saturated carbocycles. The molecule has 0 aromatic heterocycles. The first-order chi connectivity index (χ1) is 17.6. The van der Waals surface area contributed by atoms with Gasteiger partial charge in [0.05, 0.1) is 0 Å². The summed E-state index contributed by atoms with van der Waals surface area (Å²) in [5, 5.41) is 0.946. The van der Waals surface area contributed by atoms with Gasteiger partial charge >= 0.3 is 6.36 Å². The Morgan fingerprint density at radius 2 is 1.46 bits per heavy atom. The van der Waals surface area contributed by atoms with Crippen LogP contribution in [0.25, 0.3) is 21.9 Å². The Balaban J connectivity index is 1.43. The standard InChI is InChI=1S/C30H32F6O/c1-2-3-4-5-19-6-8-20(9-7-19)10-11-21-12-14-24-22(16-21)13-15-25(28(24)33)23-17-26(31)29(27(32)18-23)37-30(34,35)36/h12-20H,2-11H2,1H3/t19-,20-. The van der Waals surface area contributed by atoms with Crippen molar-refractivity contribution in [3.05, 3.63) is 65.5 Å². The first-order valence-electron chi connectivity index (χ1n) is 13.1. The number of benzene rings is 3. The Morgan fingerprint density at radius 3 is 2.08 bits per heavy atom. The summed E-state index contributed by atoms with van der Waals surface area (Å²) in [6, 6.07) is 9.78. The van der Waals surface area contributed by atoms with Crippen LogP contribution in [0.2, 0.25) is 0 Å². The summed E-state index contributed by atoms with van der Waals surface area (Å²) in [6.07, 6.45) is 7.17. The van der Waals surface area contributed by atoms with E-state index in [2.05, 4.69) is 11.7 Å². The van der Waals surface area contributed by atoms with Crippen molar-refractivity contribution >= 4 is 10.8 Å². The Morgan fingerprint density at radius 1 is 0.811 bits per heavy atom. The number of ether oxygens (including phenoxy) is 1. The first kappa shape index (κ1) is 27.3. The van der Waals surface area contributed by atoms with Crippen LogP contribution in [0.1, 0.15) is 70.3 Å². The summed E-state index contributed by atoms with van der Waals surface area (Å²) < 4.78 is 84.3. The van der Waals surface area contributed by atoms with Crippen molar-refractivity contribution in [1.82, 2.24) is 0 Å². The lowest BCUT2D eigenvalue weighted by molar-refractivity contribution is -0.276. The molecule has 200 valence electrons. The quantitative estimate of drug-likeness (QED) is 0.201. The third-order valence-corrected chi connectivity index (χ3v) is 7.57. The van der Waals surface area contributed by atoms with Crippen LogP contribution in [-0.2, 0) is 6.42 Å². The Kier molecular flexibility index (Phi) is 8.71. The van der Waals surface area contributed by atoms with Gasteiger partial charge < -0.3 is 4.74 Å². The van der Waals surface area contributed by atoms with Crippen molar-refractivity contribution in [2.45, 2.75) is 77.5 Å². The third-order valence-electron chi connectivity index (χ3n) is 7.57. The maximum absolute atomic E-state index is 15.3. The largest absolute Gasteiger partial charge is 0.573 e. The maximum atomic E-state index is 15.3. The van der Waals surface area contributed by atoms with Crippen molar-refractivity contribution in [2.75, 3.05) is 0 Å². The second kappa shape index (κ2) is 11.8. The van der Waals surface area contributed by atoms with Crippen molar-refractivity contribution in [1.29, 1.82) is 0 Å². The molecule has 3 aromatic carbocycles. The zero-order valence-electron chi connectivity index (χ0n) is 20.9. The molecule has 37 heavy (non-hydrogen) atoms. The van der Waals surface area contributed by atoms with Crippen molar-refractivity contribution in [3.8, 4) is 16.9 Å². The molecule has 0 amide bonds. The van der Waals surface area contributed by atoms with Crippen molar-refractivity contribution < 1.29 is 31.1 Å². The molecule has 0 atom stereocenters. The van der Waals surface area contributed by atoms with Gasteiger partial charge in [-0.2, -0.15) is 0 Å². The van der Waals surface area contributed by atoms with Gasteiger partial charge in [0.2, 0.25) is 5.75 Å². The fourth-order valence-corrected chi connectivity index (χ4v) is 5.51. The lowest BCUT2D eigenvalue weighted by Crippen LogP contribution is -2.19. The van der Waals surface area contributed by atoms with Crippen LogP contribution in [0.4, 0.5) is 26.3 Å². The first-order valence-corrected chi connectivity index (χ1v) is 13.1. The van der Waals surface area contributed by atoms with Gasteiger partial charge in [-0.05, 0) is 53.3 Å². The van der Waals surface area contributed by atoms with E-state index in [0.717, 1.165) is 24.3 Å². The van der Waals surface area contributed by atoms with E-state index < -0.39 is 29.6 Å². The highest BCUT2D eigenvalue weighted by atomic mass is 19.4. The highest BCUT2D eigenvalue weighted by Crippen LogP contribution is 2.37. The van der Waals surface area contributed by atoms with Gasteiger partial charge in [-0.3, -0.25) is 0 Å². The van der Waals surface area contributed by atoms with Gasteiger partial charge in [0.15, 0.2) is 11.6 Å². The molecule has 1 aliphatic rings. The molecule has 7 heteroatoms.